The predicted octanol–water partition coefficient (Wildman–Crippen LogP) is 3.28. The molecule has 35 heavy (non-hydrogen) atoms. The van der Waals surface area contributed by atoms with Crippen LogP contribution in [0.2, 0.25) is 0 Å². The van der Waals surface area contributed by atoms with E-state index in [2.05, 4.69) is 28.0 Å². The molecular formula is C29H34N2O4. The summed E-state index contributed by atoms with van der Waals surface area (Å²) in [5, 5.41) is 0. The van der Waals surface area contributed by atoms with Crippen molar-refractivity contribution in [1.82, 2.24) is 9.80 Å². The van der Waals surface area contributed by atoms with Gasteiger partial charge in [0.05, 0.1) is 25.4 Å². The summed E-state index contributed by atoms with van der Waals surface area (Å²) in [6, 6.07) is 17.0. The Hall–Kier alpha value is -2.41. The van der Waals surface area contributed by atoms with Crippen LogP contribution >= 0.6 is 0 Å². The summed E-state index contributed by atoms with van der Waals surface area (Å²) in [6.07, 6.45) is 4.14. The summed E-state index contributed by atoms with van der Waals surface area (Å²) in [7, 11) is 3.54. The van der Waals surface area contributed by atoms with Crippen molar-refractivity contribution in [1.29, 1.82) is 0 Å². The number of fused-ring (bicyclic) bond motifs is 1. The van der Waals surface area contributed by atoms with Gasteiger partial charge in [-0.2, -0.15) is 0 Å². The molecule has 2 aromatic carbocycles. The number of carbonyl (C=O) groups excluding carboxylic acids is 1. The van der Waals surface area contributed by atoms with E-state index in [0.29, 0.717) is 18.5 Å². The van der Waals surface area contributed by atoms with Gasteiger partial charge in [-0.25, -0.2) is 0 Å². The Balaban J connectivity index is 1.34. The number of piperidine rings is 1. The monoisotopic (exact) mass is 474 g/mol. The number of hydrogen-bond acceptors (Lipinski definition) is 5. The maximum atomic E-state index is 13.6. The van der Waals surface area contributed by atoms with E-state index in [-0.39, 0.29) is 29.1 Å². The number of ether oxygens (including phenoxy) is 3. The van der Waals surface area contributed by atoms with Gasteiger partial charge in [0.2, 0.25) is 0 Å². The molecule has 1 amide bonds. The van der Waals surface area contributed by atoms with Crippen molar-refractivity contribution < 1.29 is 19.0 Å². The Morgan fingerprint density at radius 1 is 1.14 bits per heavy atom. The van der Waals surface area contributed by atoms with E-state index >= 15 is 0 Å². The van der Waals surface area contributed by atoms with Crippen LogP contribution in [0.15, 0.2) is 48.5 Å². The smallest absolute Gasteiger partial charge is 0.254 e. The zero-order valence-corrected chi connectivity index (χ0v) is 20.6. The number of rotatable bonds is 5. The second kappa shape index (κ2) is 7.79. The van der Waals surface area contributed by atoms with Gasteiger partial charge in [-0.1, -0.05) is 24.3 Å². The highest BCUT2D eigenvalue weighted by Gasteiger charge is 2.78. The molecule has 2 aromatic rings. The van der Waals surface area contributed by atoms with Crippen LogP contribution < -0.4 is 4.74 Å². The van der Waals surface area contributed by atoms with Crippen molar-refractivity contribution in [3.63, 3.8) is 0 Å². The molecule has 0 spiro atoms. The van der Waals surface area contributed by atoms with Gasteiger partial charge < -0.3 is 19.1 Å². The lowest BCUT2D eigenvalue weighted by Crippen LogP contribution is -2.74. The third-order valence-corrected chi connectivity index (χ3v) is 9.94. The van der Waals surface area contributed by atoms with Crippen LogP contribution in [0.1, 0.15) is 40.7 Å². The molecule has 4 fully saturated rings. The number of nitrogens with zero attached hydrogens (tertiary/aromatic N) is 2. The fraction of sp³-hybridized carbons (Fsp3) is 0.552. The number of carbonyl (C=O) groups is 1. The molecule has 3 heterocycles. The average molecular weight is 475 g/mol. The maximum Gasteiger partial charge on any atom is 0.254 e. The van der Waals surface area contributed by atoms with Gasteiger partial charge in [-0.15, -0.1) is 0 Å². The molecule has 0 radical (unpaired) electrons. The number of hydrogen-bond donors (Lipinski definition) is 0. The quantitative estimate of drug-likeness (QED) is 0.666. The van der Waals surface area contributed by atoms with Crippen LogP contribution in [0.5, 0.6) is 5.75 Å². The van der Waals surface area contributed by atoms with Gasteiger partial charge in [0.25, 0.3) is 5.91 Å². The lowest BCUT2D eigenvalue weighted by atomic mass is 9.46. The number of likely N-dealkylation sites (tertiary alicyclic amines) is 2. The Morgan fingerprint density at radius 3 is 2.80 bits per heavy atom. The van der Waals surface area contributed by atoms with Gasteiger partial charge in [-0.05, 0) is 67.6 Å². The predicted molar refractivity (Wildman–Crippen MR) is 132 cm³/mol. The number of benzene rings is 2. The van der Waals surface area contributed by atoms with Crippen LogP contribution in [0.25, 0.3) is 0 Å². The third-order valence-electron chi connectivity index (χ3n) is 9.94. The summed E-state index contributed by atoms with van der Waals surface area (Å²) in [5.41, 5.74) is 3.34. The summed E-state index contributed by atoms with van der Waals surface area (Å²) in [5.74, 6) is 1.39. The summed E-state index contributed by atoms with van der Waals surface area (Å²) >= 11 is 0. The zero-order valence-electron chi connectivity index (χ0n) is 20.6. The molecular weight excluding hydrogens is 440 g/mol. The molecule has 6 nitrogen and oxygen atoms in total. The molecule has 3 aliphatic heterocycles. The van der Waals surface area contributed by atoms with Crippen molar-refractivity contribution in [2.75, 3.05) is 40.5 Å². The van der Waals surface area contributed by atoms with E-state index in [0.717, 1.165) is 56.7 Å². The molecule has 7 rings (SSSR count). The second-order valence-electron chi connectivity index (χ2n) is 11.0. The van der Waals surface area contributed by atoms with E-state index in [1.54, 1.807) is 14.2 Å². The molecule has 2 aliphatic carbocycles. The fourth-order valence-electron chi connectivity index (χ4n) is 8.75. The van der Waals surface area contributed by atoms with Crippen LogP contribution in [0.3, 0.4) is 0 Å². The molecule has 6 heteroatoms. The molecule has 5 aliphatic rings. The Labute approximate surface area is 207 Å². The molecule has 6 atom stereocenters. The molecule has 3 saturated heterocycles. The van der Waals surface area contributed by atoms with E-state index in [1.807, 2.05) is 30.3 Å². The number of amides is 1. The van der Waals surface area contributed by atoms with E-state index < -0.39 is 0 Å². The van der Waals surface area contributed by atoms with Crippen LogP contribution in [0.4, 0.5) is 0 Å². The van der Waals surface area contributed by atoms with Crippen molar-refractivity contribution in [2.24, 2.45) is 5.92 Å². The Morgan fingerprint density at radius 2 is 2.00 bits per heavy atom. The second-order valence-corrected chi connectivity index (χ2v) is 11.0. The fourth-order valence-corrected chi connectivity index (χ4v) is 8.75. The minimum Gasteiger partial charge on any atom is -0.497 e. The minimum absolute atomic E-state index is 0.0807. The SMILES string of the molecule is COCCN1CCC23c4cc(OC)ccc4CC1C21CCC2C3[C@@H](CN2C(=O)c2ccccc2)O1. The Kier molecular flexibility index (Phi) is 4.86. The largest absolute Gasteiger partial charge is 0.497 e. The lowest BCUT2D eigenvalue weighted by molar-refractivity contribution is -0.171. The van der Waals surface area contributed by atoms with E-state index in [9.17, 15) is 4.79 Å². The van der Waals surface area contributed by atoms with Gasteiger partial charge in [0.1, 0.15) is 5.75 Å². The van der Waals surface area contributed by atoms with Crippen molar-refractivity contribution >= 4 is 5.91 Å². The third kappa shape index (κ3) is 2.73. The molecule has 0 aromatic heterocycles. The average Bonchev–Trinajstić information content (AvgIpc) is 3.34. The minimum atomic E-state index is -0.202. The number of methoxy groups -OCH3 is 2. The van der Waals surface area contributed by atoms with Crippen molar-refractivity contribution in [3.8, 4) is 5.75 Å². The maximum absolute atomic E-state index is 13.6. The summed E-state index contributed by atoms with van der Waals surface area (Å²) in [4.78, 5) is 18.4. The van der Waals surface area contributed by atoms with Crippen LogP contribution in [-0.2, 0) is 21.3 Å². The van der Waals surface area contributed by atoms with Gasteiger partial charge in [0.15, 0.2) is 0 Å². The van der Waals surface area contributed by atoms with Crippen LogP contribution in [0, 0.1) is 5.92 Å². The molecule has 1 saturated carbocycles. The van der Waals surface area contributed by atoms with Crippen LogP contribution in [-0.4, -0.2) is 80.0 Å². The van der Waals surface area contributed by atoms with E-state index in [4.69, 9.17) is 14.2 Å². The van der Waals surface area contributed by atoms with Gasteiger partial charge in [0, 0.05) is 49.2 Å². The van der Waals surface area contributed by atoms with E-state index in [1.165, 1.54) is 11.1 Å². The highest BCUT2D eigenvalue weighted by atomic mass is 16.5. The van der Waals surface area contributed by atoms with Gasteiger partial charge in [-0.3, -0.25) is 9.69 Å². The van der Waals surface area contributed by atoms with Crippen molar-refractivity contribution in [2.45, 2.75) is 54.9 Å². The zero-order chi connectivity index (χ0) is 23.8. The highest BCUT2D eigenvalue weighted by Crippen LogP contribution is 2.69. The molecule has 4 bridgehead atoms. The van der Waals surface area contributed by atoms with Gasteiger partial charge >= 0.3 is 0 Å². The lowest BCUT2D eigenvalue weighted by Gasteiger charge is -2.64. The summed E-state index contributed by atoms with van der Waals surface area (Å²) < 4.78 is 18.5. The standard InChI is InChI=1S/C29H34N2O4/c1-33-15-14-30-13-12-28-22-17-21(34-2)9-8-20(22)16-25(30)29(28)11-10-23-26(28)24(35-29)18-31(23)27(32)19-6-4-3-5-7-19/h3-9,17,23-26H,10-16,18H2,1-2H3/t23?,24-,25?,26?,28?,29?/m1/s1. The Bertz CT molecular complexity index is 1150. The summed E-state index contributed by atoms with van der Waals surface area (Å²) in [6.45, 7) is 3.41. The first-order valence-electron chi connectivity index (χ1n) is 13.1. The molecule has 0 N–H and O–H groups in total. The first-order chi connectivity index (χ1) is 17.1. The van der Waals surface area contributed by atoms with Crippen molar-refractivity contribution in [3.05, 3.63) is 65.2 Å². The first kappa shape index (κ1) is 21.8. The topological polar surface area (TPSA) is 51.2 Å². The molecule has 184 valence electrons. The normalized spacial score (nSPS) is 36.6. The molecule has 5 unspecified atom stereocenters. The first-order valence-corrected chi connectivity index (χ1v) is 13.1. The highest BCUT2D eigenvalue weighted by molar-refractivity contribution is 5.94.